The van der Waals surface area contributed by atoms with Crippen LogP contribution < -0.4 is 10.6 Å². The summed E-state index contributed by atoms with van der Waals surface area (Å²) in [6.07, 6.45) is 7.34. The van der Waals surface area contributed by atoms with E-state index in [-0.39, 0.29) is 0 Å². The number of terminal acetylenes is 1. The van der Waals surface area contributed by atoms with Gasteiger partial charge in [0.05, 0.1) is 0 Å². The number of nitrogens with one attached hydrogen (secondary N) is 2. The van der Waals surface area contributed by atoms with Gasteiger partial charge in [0.15, 0.2) is 0 Å². The Morgan fingerprint density at radius 3 is 2.42 bits per heavy atom. The van der Waals surface area contributed by atoms with Gasteiger partial charge in [-0.05, 0) is 0 Å². The molecule has 0 aliphatic carbocycles. The summed E-state index contributed by atoms with van der Waals surface area (Å²) < 4.78 is 0. The lowest BCUT2D eigenvalue weighted by atomic mass is 10.4. The van der Waals surface area contributed by atoms with Crippen molar-refractivity contribution in [3.63, 3.8) is 0 Å². The maximum atomic E-state index is 9.90. The minimum Gasteiger partial charge on any atom is -0.315 e. The van der Waals surface area contributed by atoms with Crippen LogP contribution in [0, 0.1) is 12.3 Å². The molecule has 68 valence electrons. The minimum atomic E-state index is 0.588. The molecule has 12 heavy (non-hydrogen) atoms. The first-order chi connectivity index (χ1) is 5.91. The molecule has 2 N–H and O–H groups in total. The van der Waals surface area contributed by atoms with Crippen molar-refractivity contribution in [3.8, 4) is 12.3 Å². The topological polar surface area (TPSA) is 41.1 Å². The number of hydrogen-bond acceptors (Lipinski definition) is 3. The van der Waals surface area contributed by atoms with E-state index in [0.29, 0.717) is 6.42 Å². The highest BCUT2D eigenvalue weighted by atomic mass is 16.1. The lowest BCUT2D eigenvalue weighted by Crippen LogP contribution is -2.28. The molecule has 0 atom stereocenters. The van der Waals surface area contributed by atoms with Crippen molar-refractivity contribution in [1.29, 1.82) is 0 Å². The Morgan fingerprint density at radius 2 is 1.83 bits per heavy atom. The molecule has 0 saturated carbocycles. The number of rotatable bonds is 8. The molecule has 3 nitrogen and oxygen atoms in total. The molecular formula is C9H16N2O. The van der Waals surface area contributed by atoms with E-state index in [4.69, 9.17) is 6.42 Å². The molecule has 0 aromatic heterocycles. The first-order valence-corrected chi connectivity index (χ1v) is 4.20. The Labute approximate surface area is 73.9 Å². The Morgan fingerprint density at radius 1 is 1.17 bits per heavy atom. The van der Waals surface area contributed by atoms with Crippen molar-refractivity contribution < 1.29 is 4.79 Å². The first-order valence-electron chi connectivity index (χ1n) is 4.20. The van der Waals surface area contributed by atoms with Crippen LogP contribution in [0.1, 0.15) is 12.8 Å². The molecule has 0 aliphatic heterocycles. The van der Waals surface area contributed by atoms with Gasteiger partial charge in [0, 0.05) is 39.0 Å². The van der Waals surface area contributed by atoms with Crippen LogP contribution in [0.4, 0.5) is 0 Å². The summed E-state index contributed by atoms with van der Waals surface area (Å²) in [6, 6.07) is 0. The molecule has 0 rings (SSSR count). The van der Waals surface area contributed by atoms with Crippen LogP contribution >= 0.6 is 0 Å². The molecular weight excluding hydrogens is 152 g/mol. The minimum absolute atomic E-state index is 0.588. The Kier molecular flexibility index (Phi) is 9.43. The van der Waals surface area contributed by atoms with E-state index >= 15 is 0 Å². The van der Waals surface area contributed by atoms with E-state index < -0.39 is 0 Å². The predicted molar refractivity (Wildman–Crippen MR) is 49.9 cm³/mol. The van der Waals surface area contributed by atoms with Crippen molar-refractivity contribution in [2.75, 3.05) is 26.2 Å². The van der Waals surface area contributed by atoms with Gasteiger partial charge in [0.2, 0.25) is 0 Å². The van der Waals surface area contributed by atoms with E-state index in [2.05, 4.69) is 16.6 Å². The van der Waals surface area contributed by atoms with Gasteiger partial charge in [-0.25, -0.2) is 0 Å². The second-order valence-corrected chi connectivity index (χ2v) is 2.41. The largest absolute Gasteiger partial charge is 0.315 e. The van der Waals surface area contributed by atoms with Gasteiger partial charge in [-0.2, -0.15) is 0 Å². The lowest BCUT2D eigenvalue weighted by molar-refractivity contribution is -0.107. The van der Waals surface area contributed by atoms with Crippen molar-refractivity contribution in [2.24, 2.45) is 0 Å². The van der Waals surface area contributed by atoms with E-state index in [1.807, 2.05) is 0 Å². The van der Waals surface area contributed by atoms with E-state index in [0.717, 1.165) is 38.9 Å². The maximum Gasteiger partial charge on any atom is 0.121 e. The van der Waals surface area contributed by atoms with Crippen LogP contribution in [-0.2, 0) is 4.79 Å². The zero-order chi connectivity index (χ0) is 9.07. The summed E-state index contributed by atoms with van der Waals surface area (Å²) in [6.45, 7) is 3.42. The third kappa shape index (κ3) is 9.15. The highest BCUT2D eigenvalue weighted by molar-refractivity contribution is 5.49. The van der Waals surface area contributed by atoms with Crippen LogP contribution in [0.3, 0.4) is 0 Å². The summed E-state index contributed by atoms with van der Waals surface area (Å²) in [4.78, 5) is 9.90. The fraction of sp³-hybridized carbons (Fsp3) is 0.667. The average Bonchev–Trinajstić information content (AvgIpc) is 2.10. The third-order valence-corrected chi connectivity index (χ3v) is 1.36. The molecule has 0 spiro atoms. The highest BCUT2D eigenvalue weighted by Gasteiger charge is 1.86. The molecule has 0 aromatic rings. The zero-order valence-electron chi connectivity index (χ0n) is 7.31. The molecule has 0 aliphatic rings. The van der Waals surface area contributed by atoms with Crippen molar-refractivity contribution >= 4 is 6.29 Å². The second kappa shape index (κ2) is 10.2. The normalized spacial score (nSPS) is 9.25. The van der Waals surface area contributed by atoms with Crippen LogP contribution in [0.15, 0.2) is 0 Å². The molecule has 0 amide bonds. The van der Waals surface area contributed by atoms with Gasteiger partial charge >= 0.3 is 0 Å². The third-order valence-electron chi connectivity index (χ3n) is 1.36. The molecule has 0 heterocycles. The quantitative estimate of drug-likeness (QED) is 0.299. The van der Waals surface area contributed by atoms with Crippen LogP contribution in [0.2, 0.25) is 0 Å². The molecule has 0 fully saturated rings. The number of aldehydes is 1. The van der Waals surface area contributed by atoms with Gasteiger partial charge < -0.3 is 15.4 Å². The van der Waals surface area contributed by atoms with Crippen LogP contribution in [0.5, 0.6) is 0 Å². The van der Waals surface area contributed by atoms with E-state index in [1.165, 1.54) is 0 Å². The number of carbonyl (C=O) groups excluding carboxylic acids is 1. The highest BCUT2D eigenvalue weighted by Crippen LogP contribution is 1.70. The second-order valence-electron chi connectivity index (χ2n) is 2.41. The molecule has 0 bridgehead atoms. The summed E-state index contributed by atoms with van der Waals surface area (Å²) in [5.74, 6) is 2.55. The molecule has 3 heteroatoms. The van der Waals surface area contributed by atoms with Gasteiger partial charge in [-0.15, -0.1) is 12.3 Å². The van der Waals surface area contributed by atoms with E-state index in [9.17, 15) is 4.79 Å². The number of hydrogen-bond donors (Lipinski definition) is 2. The molecule has 0 radical (unpaired) electrons. The van der Waals surface area contributed by atoms with Gasteiger partial charge in [0.25, 0.3) is 0 Å². The summed E-state index contributed by atoms with van der Waals surface area (Å²) in [7, 11) is 0. The fourth-order valence-electron chi connectivity index (χ4n) is 0.748. The Balaban J connectivity index is 2.82. The maximum absolute atomic E-state index is 9.90. The zero-order valence-corrected chi connectivity index (χ0v) is 7.31. The lowest BCUT2D eigenvalue weighted by Gasteiger charge is -2.02. The average molecular weight is 168 g/mol. The Hall–Kier alpha value is -0.850. The fourth-order valence-corrected chi connectivity index (χ4v) is 0.748. The monoisotopic (exact) mass is 168 g/mol. The SMILES string of the molecule is C#CCCNCCNCCC=O. The number of carbonyl (C=O) groups is 1. The van der Waals surface area contributed by atoms with Crippen molar-refractivity contribution in [1.82, 2.24) is 10.6 Å². The standard InChI is InChI=1S/C9H16N2O/c1-2-3-5-10-7-8-11-6-4-9-12/h1,9-11H,3-8H2. The van der Waals surface area contributed by atoms with Gasteiger partial charge in [0.1, 0.15) is 6.29 Å². The van der Waals surface area contributed by atoms with Gasteiger partial charge in [-0.1, -0.05) is 0 Å². The van der Waals surface area contributed by atoms with Crippen LogP contribution in [-0.4, -0.2) is 32.5 Å². The summed E-state index contributed by atoms with van der Waals surface area (Å²) in [5.41, 5.74) is 0. The molecule has 0 saturated heterocycles. The van der Waals surface area contributed by atoms with Crippen molar-refractivity contribution in [3.05, 3.63) is 0 Å². The first kappa shape index (κ1) is 11.2. The van der Waals surface area contributed by atoms with E-state index in [1.54, 1.807) is 0 Å². The smallest absolute Gasteiger partial charge is 0.121 e. The molecule has 0 unspecified atom stereocenters. The van der Waals surface area contributed by atoms with Gasteiger partial charge in [-0.3, -0.25) is 0 Å². The molecule has 0 aromatic carbocycles. The van der Waals surface area contributed by atoms with Crippen molar-refractivity contribution in [2.45, 2.75) is 12.8 Å². The Bertz CT molecular complexity index is 140. The van der Waals surface area contributed by atoms with Crippen LogP contribution in [0.25, 0.3) is 0 Å². The summed E-state index contributed by atoms with van der Waals surface area (Å²) in [5, 5.41) is 6.29. The predicted octanol–water partition coefficient (Wildman–Crippen LogP) is -0.222. The summed E-state index contributed by atoms with van der Waals surface area (Å²) >= 11 is 0.